The Morgan fingerprint density at radius 2 is 2.29 bits per heavy atom. The lowest BCUT2D eigenvalue weighted by Gasteiger charge is -1.99. The van der Waals surface area contributed by atoms with E-state index in [1.54, 1.807) is 7.11 Å². The molecule has 0 radical (unpaired) electrons. The van der Waals surface area contributed by atoms with Crippen LogP contribution in [0.15, 0.2) is 31.8 Å². The molecule has 0 aliphatic heterocycles. The molecule has 0 spiro atoms. The predicted molar refractivity (Wildman–Crippen MR) is 65.5 cm³/mol. The summed E-state index contributed by atoms with van der Waals surface area (Å²) >= 11 is 3.24. The topological polar surface area (TPSA) is 60.4 Å². The maximum Gasteiger partial charge on any atom is 0.202 e. The average Bonchev–Trinajstić information content (AvgIpc) is 2.93. The van der Waals surface area contributed by atoms with Crippen molar-refractivity contribution in [3.05, 3.63) is 28.6 Å². The Morgan fingerprint density at radius 1 is 1.41 bits per heavy atom. The van der Waals surface area contributed by atoms with E-state index in [9.17, 15) is 0 Å². The number of furan rings is 1. The highest BCUT2D eigenvalue weighted by Crippen LogP contribution is 2.25. The molecule has 1 N–H and O–H groups in total. The molecule has 0 amide bonds. The molecule has 0 atom stereocenters. The van der Waals surface area contributed by atoms with Crippen LogP contribution >= 0.6 is 15.9 Å². The van der Waals surface area contributed by atoms with Gasteiger partial charge in [0.1, 0.15) is 0 Å². The Hall–Kier alpha value is -1.11. The lowest BCUT2D eigenvalue weighted by molar-refractivity contribution is 0.199. The Kier molecular flexibility index (Phi) is 4.36. The first-order valence-corrected chi connectivity index (χ1v) is 6.00. The van der Waals surface area contributed by atoms with Crippen LogP contribution in [-0.2, 0) is 11.3 Å². The summed E-state index contributed by atoms with van der Waals surface area (Å²) in [5.74, 6) is 1.28. The molecule has 0 aromatic carbocycles. The summed E-state index contributed by atoms with van der Waals surface area (Å²) in [5.41, 5.74) is 0.837. The van der Waals surface area contributed by atoms with Gasteiger partial charge in [-0.25, -0.2) is 0 Å². The number of rotatable bonds is 6. The number of halogens is 1. The zero-order chi connectivity index (χ0) is 12.1. The molecule has 17 heavy (non-hydrogen) atoms. The molecule has 0 saturated heterocycles. The lowest BCUT2D eigenvalue weighted by Crippen LogP contribution is -2.18. The Balaban J connectivity index is 1.92. The van der Waals surface area contributed by atoms with E-state index in [1.165, 1.54) is 0 Å². The van der Waals surface area contributed by atoms with E-state index in [-0.39, 0.29) is 0 Å². The van der Waals surface area contributed by atoms with Gasteiger partial charge in [0.05, 0.1) is 12.3 Å². The number of nitrogens with zero attached hydrogens (tertiary/aromatic N) is 1. The molecule has 0 bridgehead atoms. The van der Waals surface area contributed by atoms with Crippen LogP contribution in [0.4, 0.5) is 0 Å². The molecule has 2 heterocycles. The van der Waals surface area contributed by atoms with E-state index in [0.717, 1.165) is 12.2 Å². The van der Waals surface area contributed by atoms with E-state index in [2.05, 4.69) is 26.4 Å². The van der Waals surface area contributed by atoms with Crippen molar-refractivity contribution in [1.29, 1.82) is 0 Å². The molecule has 2 aromatic rings. The fraction of sp³-hybridized carbons (Fsp3) is 0.364. The number of hydrogen-bond donors (Lipinski definition) is 1. The molecule has 0 aliphatic rings. The van der Waals surface area contributed by atoms with E-state index >= 15 is 0 Å². The first-order valence-electron chi connectivity index (χ1n) is 5.20. The third-order valence-corrected chi connectivity index (χ3v) is 2.59. The third kappa shape index (κ3) is 3.42. The zero-order valence-electron chi connectivity index (χ0n) is 9.40. The normalized spacial score (nSPS) is 10.9. The van der Waals surface area contributed by atoms with Gasteiger partial charge in [-0.2, -0.15) is 0 Å². The number of hydrogen-bond acceptors (Lipinski definition) is 5. The molecular formula is C11H13BrN2O3. The maximum absolute atomic E-state index is 5.37. The van der Waals surface area contributed by atoms with Crippen LogP contribution in [0, 0.1) is 0 Å². The average molecular weight is 301 g/mol. The molecule has 2 aromatic heterocycles. The van der Waals surface area contributed by atoms with Crippen molar-refractivity contribution in [2.24, 2.45) is 0 Å². The van der Waals surface area contributed by atoms with Gasteiger partial charge >= 0.3 is 0 Å². The van der Waals surface area contributed by atoms with Gasteiger partial charge in [-0.1, -0.05) is 5.16 Å². The van der Waals surface area contributed by atoms with Crippen molar-refractivity contribution in [3.8, 4) is 11.5 Å². The smallest absolute Gasteiger partial charge is 0.202 e. The highest BCUT2D eigenvalue weighted by atomic mass is 79.9. The monoisotopic (exact) mass is 300 g/mol. The van der Waals surface area contributed by atoms with E-state index in [4.69, 9.17) is 13.7 Å². The molecular weight excluding hydrogens is 288 g/mol. The van der Waals surface area contributed by atoms with Crippen LogP contribution in [-0.4, -0.2) is 25.4 Å². The minimum absolute atomic E-state index is 0.624. The summed E-state index contributed by atoms with van der Waals surface area (Å²) in [4.78, 5) is 0. The Bertz CT molecular complexity index is 467. The second-order valence-corrected chi connectivity index (χ2v) is 4.24. The first kappa shape index (κ1) is 12.3. The first-order chi connectivity index (χ1) is 8.29. The molecule has 0 saturated carbocycles. The van der Waals surface area contributed by atoms with Gasteiger partial charge in [0.25, 0.3) is 0 Å². The van der Waals surface area contributed by atoms with Gasteiger partial charge in [-0.05, 0) is 28.1 Å². The van der Waals surface area contributed by atoms with Crippen LogP contribution < -0.4 is 5.32 Å². The Morgan fingerprint density at radius 3 is 3.00 bits per heavy atom. The fourth-order valence-electron chi connectivity index (χ4n) is 1.35. The Labute approximate surface area is 107 Å². The van der Waals surface area contributed by atoms with Crippen molar-refractivity contribution >= 4 is 15.9 Å². The van der Waals surface area contributed by atoms with Crippen LogP contribution in [0.25, 0.3) is 11.5 Å². The van der Waals surface area contributed by atoms with Crippen LogP contribution in [0.1, 0.15) is 5.69 Å². The third-order valence-electron chi connectivity index (χ3n) is 2.16. The van der Waals surface area contributed by atoms with E-state index < -0.39 is 0 Å². The highest BCUT2D eigenvalue weighted by molar-refractivity contribution is 9.10. The summed E-state index contributed by atoms with van der Waals surface area (Å²) in [6.45, 7) is 2.11. The molecule has 92 valence electrons. The molecule has 0 unspecified atom stereocenters. The summed E-state index contributed by atoms with van der Waals surface area (Å²) in [6.07, 6.45) is 0. The number of nitrogens with one attached hydrogen (secondary N) is 1. The van der Waals surface area contributed by atoms with Crippen LogP contribution in [0.5, 0.6) is 0 Å². The molecule has 5 nitrogen and oxygen atoms in total. The summed E-state index contributed by atoms with van der Waals surface area (Å²) in [6, 6.07) is 5.49. The molecule has 0 fully saturated rings. The summed E-state index contributed by atoms with van der Waals surface area (Å²) in [5, 5.41) is 7.13. The summed E-state index contributed by atoms with van der Waals surface area (Å²) < 4.78 is 16.2. The molecule has 6 heteroatoms. The largest absolute Gasteiger partial charge is 0.446 e. The maximum atomic E-state index is 5.37. The number of methoxy groups -OCH3 is 1. The fourth-order valence-corrected chi connectivity index (χ4v) is 1.66. The second kappa shape index (κ2) is 6.00. The lowest BCUT2D eigenvalue weighted by atomic mass is 10.3. The van der Waals surface area contributed by atoms with Gasteiger partial charge in [-0.15, -0.1) is 0 Å². The van der Waals surface area contributed by atoms with Crippen molar-refractivity contribution in [2.75, 3.05) is 20.3 Å². The van der Waals surface area contributed by atoms with Gasteiger partial charge in [-0.3, -0.25) is 0 Å². The van der Waals surface area contributed by atoms with Crippen molar-refractivity contribution in [2.45, 2.75) is 6.54 Å². The minimum atomic E-state index is 0.624. The van der Waals surface area contributed by atoms with Gasteiger partial charge < -0.3 is 19.0 Å². The minimum Gasteiger partial charge on any atom is -0.446 e. The van der Waals surface area contributed by atoms with E-state index in [0.29, 0.717) is 29.3 Å². The van der Waals surface area contributed by atoms with Crippen LogP contribution in [0.2, 0.25) is 0 Å². The quantitative estimate of drug-likeness (QED) is 0.830. The molecule has 0 aliphatic carbocycles. The zero-order valence-corrected chi connectivity index (χ0v) is 11.0. The van der Waals surface area contributed by atoms with Crippen molar-refractivity contribution in [1.82, 2.24) is 10.5 Å². The number of aromatic nitrogens is 1. The van der Waals surface area contributed by atoms with Crippen molar-refractivity contribution in [3.63, 3.8) is 0 Å². The van der Waals surface area contributed by atoms with Gasteiger partial charge in [0.2, 0.25) is 5.76 Å². The number of ether oxygens (including phenoxy) is 1. The van der Waals surface area contributed by atoms with Gasteiger partial charge in [0.15, 0.2) is 10.4 Å². The van der Waals surface area contributed by atoms with Crippen molar-refractivity contribution < 1.29 is 13.7 Å². The SMILES string of the molecule is COCCNCc1cc(-c2ccc(Br)o2)on1. The highest BCUT2D eigenvalue weighted by Gasteiger charge is 2.09. The van der Waals surface area contributed by atoms with Crippen LogP contribution in [0.3, 0.4) is 0 Å². The molecule has 2 rings (SSSR count). The van der Waals surface area contributed by atoms with Gasteiger partial charge in [0, 0.05) is 26.3 Å². The predicted octanol–water partition coefficient (Wildman–Crippen LogP) is 2.43. The summed E-state index contributed by atoms with van der Waals surface area (Å²) in [7, 11) is 1.67. The standard InChI is InChI=1S/C11H13BrN2O3/c1-15-5-4-13-7-8-6-10(17-14-8)9-2-3-11(12)16-9/h2-3,6,13H,4-5,7H2,1H3. The second-order valence-electron chi connectivity index (χ2n) is 3.46. The van der Waals surface area contributed by atoms with E-state index in [1.807, 2.05) is 18.2 Å².